The van der Waals surface area contributed by atoms with Crippen LogP contribution in [0.1, 0.15) is 33.9 Å². The van der Waals surface area contributed by atoms with Gasteiger partial charge in [-0.3, -0.25) is 0 Å². The molecule has 0 aliphatic carbocycles. The fourth-order valence-electron chi connectivity index (χ4n) is 3.04. The van der Waals surface area contributed by atoms with Crippen molar-refractivity contribution in [2.45, 2.75) is 40.2 Å². The van der Waals surface area contributed by atoms with E-state index in [2.05, 4.69) is 56.1 Å². The van der Waals surface area contributed by atoms with E-state index in [-0.39, 0.29) is 0 Å². The maximum absolute atomic E-state index is 5.28. The monoisotopic (exact) mass is 274 g/mol. The van der Waals surface area contributed by atoms with Crippen LogP contribution in [0.2, 0.25) is 0 Å². The molecular formula is C17H26N2O. The molecular weight excluding hydrogens is 248 g/mol. The Hall–Kier alpha value is -1.48. The number of aryl methyl sites for hydroxylation is 4. The van der Waals surface area contributed by atoms with Crippen molar-refractivity contribution in [3.8, 4) is 0 Å². The van der Waals surface area contributed by atoms with Crippen LogP contribution in [0.4, 0.5) is 0 Å². The SMILES string of the molecule is COCc1c(C)cc(CCc2c(C)cc(C)n2C)n1C. The average Bonchev–Trinajstić information content (AvgIpc) is 2.79. The Labute approximate surface area is 122 Å². The Morgan fingerprint density at radius 2 is 1.55 bits per heavy atom. The van der Waals surface area contributed by atoms with Crippen molar-refractivity contribution in [1.82, 2.24) is 9.13 Å². The topological polar surface area (TPSA) is 19.1 Å². The summed E-state index contributed by atoms with van der Waals surface area (Å²) in [5.41, 5.74) is 8.16. The van der Waals surface area contributed by atoms with Gasteiger partial charge in [0.15, 0.2) is 0 Å². The summed E-state index contributed by atoms with van der Waals surface area (Å²) in [6.07, 6.45) is 2.15. The minimum absolute atomic E-state index is 0.685. The molecule has 2 aromatic heterocycles. The lowest BCUT2D eigenvalue weighted by molar-refractivity contribution is 0.178. The Morgan fingerprint density at radius 1 is 0.900 bits per heavy atom. The maximum atomic E-state index is 5.28. The van der Waals surface area contributed by atoms with Crippen LogP contribution in [-0.2, 0) is 38.3 Å². The summed E-state index contributed by atoms with van der Waals surface area (Å²) in [5, 5.41) is 0. The van der Waals surface area contributed by atoms with E-state index in [0.29, 0.717) is 6.61 Å². The lowest BCUT2D eigenvalue weighted by Crippen LogP contribution is -2.06. The van der Waals surface area contributed by atoms with Crippen molar-refractivity contribution in [2.75, 3.05) is 7.11 Å². The Bertz CT molecular complexity index is 605. The first-order valence-electron chi connectivity index (χ1n) is 7.20. The van der Waals surface area contributed by atoms with Gasteiger partial charge < -0.3 is 13.9 Å². The lowest BCUT2D eigenvalue weighted by atomic mass is 10.1. The van der Waals surface area contributed by atoms with Gasteiger partial charge in [-0.05, 0) is 56.9 Å². The third-order valence-corrected chi connectivity index (χ3v) is 4.39. The number of hydrogen-bond acceptors (Lipinski definition) is 1. The summed E-state index contributed by atoms with van der Waals surface area (Å²) in [4.78, 5) is 0. The van der Waals surface area contributed by atoms with Crippen LogP contribution in [0, 0.1) is 20.8 Å². The Morgan fingerprint density at radius 3 is 2.10 bits per heavy atom. The molecule has 0 saturated heterocycles. The fourth-order valence-corrected chi connectivity index (χ4v) is 3.04. The van der Waals surface area contributed by atoms with Crippen LogP contribution in [-0.4, -0.2) is 16.2 Å². The molecule has 0 aromatic carbocycles. The van der Waals surface area contributed by atoms with Gasteiger partial charge in [0.2, 0.25) is 0 Å². The number of nitrogens with zero attached hydrogens (tertiary/aromatic N) is 2. The molecule has 0 atom stereocenters. The van der Waals surface area contributed by atoms with Gasteiger partial charge in [-0.2, -0.15) is 0 Å². The van der Waals surface area contributed by atoms with Crippen molar-refractivity contribution in [3.63, 3.8) is 0 Å². The van der Waals surface area contributed by atoms with Gasteiger partial charge in [0.25, 0.3) is 0 Å². The Kier molecular flexibility index (Phi) is 4.39. The zero-order valence-corrected chi connectivity index (χ0v) is 13.6. The van der Waals surface area contributed by atoms with Gasteiger partial charge in [0, 0.05) is 44.0 Å². The van der Waals surface area contributed by atoms with Gasteiger partial charge in [-0.25, -0.2) is 0 Å². The highest BCUT2D eigenvalue weighted by molar-refractivity contribution is 5.29. The van der Waals surface area contributed by atoms with E-state index in [1.54, 1.807) is 7.11 Å². The summed E-state index contributed by atoms with van der Waals surface area (Å²) in [7, 11) is 6.05. The first-order valence-corrected chi connectivity index (χ1v) is 7.20. The highest BCUT2D eigenvalue weighted by atomic mass is 16.5. The first kappa shape index (κ1) is 14.9. The standard InChI is InChI=1S/C17H26N2O/c1-12-9-14(3)18(4)16(12)8-7-15-10-13(2)17(11-20-6)19(15)5/h9-10H,7-8,11H2,1-6H3. The van der Waals surface area contributed by atoms with Crippen LogP contribution >= 0.6 is 0 Å². The number of rotatable bonds is 5. The maximum Gasteiger partial charge on any atom is 0.0866 e. The van der Waals surface area contributed by atoms with Crippen molar-refractivity contribution in [1.29, 1.82) is 0 Å². The number of aromatic nitrogens is 2. The van der Waals surface area contributed by atoms with E-state index in [1.165, 1.54) is 33.9 Å². The number of ether oxygens (including phenoxy) is 1. The van der Waals surface area contributed by atoms with Crippen molar-refractivity contribution >= 4 is 0 Å². The van der Waals surface area contributed by atoms with Crippen molar-refractivity contribution < 1.29 is 4.74 Å². The molecule has 3 nitrogen and oxygen atoms in total. The molecule has 0 radical (unpaired) electrons. The van der Waals surface area contributed by atoms with Crippen LogP contribution in [0.3, 0.4) is 0 Å². The lowest BCUT2D eigenvalue weighted by Gasteiger charge is -2.10. The molecule has 0 unspecified atom stereocenters. The molecule has 2 rings (SSSR count). The first-order chi connectivity index (χ1) is 9.45. The molecule has 0 aliphatic rings. The minimum Gasteiger partial charge on any atom is -0.378 e. The van der Waals surface area contributed by atoms with Crippen LogP contribution in [0.25, 0.3) is 0 Å². The molecule has 3 heteroatoms. The second kappa shape index (κ2) is 5.88. The van der Waals surface area contributed by atoms with E-state index in [1.807, 2.05) is 0 Å². The van der Waals surface area contributed by atoms with E-state index in [4.69, 9.17) is 4.74 Å². The van der Waals surface area contributed by atoms with Gasteiger partial charge in [0.1, 0.15) is 0 Å². The van der Waals surface area contributed by atoms with E-state index in [0.717, 1.165) is 12.8 Å². The molecule has 0 aliphatic heterocycles. The third-order valence-electron chi connectivity index (χ3n) is 4.39. The highest BCUT2D eigenvalue weighted by Gasteiger charge is 2.11. The fraction of sp³-hybridized carbons (Fsp3) is 0.529. The Balaban J connectivity index is 2.17. The summed E-state index contributed by atoms with van der Waals surface area (Å²) < 4.78 is 9.87. The van der Waals surface area contributed by atoms with Crippen LogP contribution in [0.15, 0.2) is 12.1 Å². The predicted molar refractivity (Wildman–Crippen MR) is 83.2 cm³/mol. The summed E-state index contributed by atoms with van der Waals surface area (Å²) in [6, 6.07) is 4.56. The number of hydrogen-bond donors (Lipinski definition) is 0. The summed E-state index contributed by atoms with van der Waals surface area (Å²) in [5.74, 6) is 0. The molecule has 0 fully saturated rings. The molecule has 0 saturated carbocycles. The zero-order chi connectivity index (χ0) is 14.9. The zero-order valence-electron chi connectivity index (χ0n) is 13.6. The van der Waals surface area contributed by atoms with Crippen molar-refractivity contribution in [2.24, 2.45) is 14.1 Å². The molecule has 110 valence electrons. The predicted octanol–water partition coefficient (Wildman–Crippen LogP) is 3.22. The molecule has 0 spiro atoms. The molecule has 0 amide bonds. The third kappa shape index (κ3) is 2.68. The number of methoxy groups -OCH3 is 1. The quantitative estimate of drug-likeness (QED) is 0.819. The average molecular weight is 274 g/mol. The second-order valence-electron chi connectivity index (χ2n) is 5.73. The summed E-state index contributed by atoms with van der Waals surface area (Å²) >= 11 is 0. The van der Waals surface area contributed by atoms with Crippen LogP contribution < -0.4 is 0 Å². The van der Waals surface area contributed by atoms with Gasteiger partial charge in [0.05, 0.1) is 6.61 Å². The van der Waals surface area contributed by atoms with E-state index in [9.17, 15) is 0 Å². The van der Waals surface area contributed by atoms with Crippen LogP contribution in [0.5, 0.6) is 0 Å². The van der Waals surface area contributed by atoms with Crippen molar-refractivity contribution in [3.05, 3.63) is 46.0 Å². The normalized spacial score (nSPS) is 11.3. The molecule has 0 bridgehead atoms. The van der Waals surface area contributed by atoms with Gasteiger partial charge in [-0.15, -0.1) is 0 Å². The molecule has 0 N–H and O–H groups in total. The largest absolute Gasteiger partial charge is 0.378 e. The highest BCUT2D eigenvalue weighted by Crippen LogP contribution is 2.19. The molecule has 2 aromatic rings. The molecule has 2 heterocycles. The minimum atomic E-state index is 0.685. The second-order valence-corrected chi connectivity index (χ2v) is 5.73. The molecule has 20 heavy (non-hydrogen) atoms. The van der Waals surface area contributed by atoms with Gasteiger partial charge in [-0.1, -0.05) is 0 Å². The smallest absolute Gasteiger partial charge is 0.0866 e. The van der Waals surface area contributed by atoms with Gasteiger partial charge >= 0.3 is 0 Å². The van der Waals surface area contributed by atoms with E-state index >= 15 is 0 Å². The summed E-state index contributed by atoms with van der Waals surface area (Å²) in [6.45, 7) is 7.22. The van der Waals surface area contributed by atoms with E-state index < -0.39 is 0 Å².